The van der Waals surface area contributed by atoms with Crippen LogP contribution in [0.4, 0.5) is 0 Å². The molecule has 0 fully saturated rings. The molecule has 0 unspecified atom stereocenters. The number of hydrogen-bond acceptors (Lipinski definition) is 10. The van der Waals surface area contributed by atoms with Gasteiger partial charge in [-0.15, -0.1) is 0 Å². The van der Waals surface area contributed by atoms with Crippen LogP contribution >= 0.6 is 0 Å². The molecule has 0 aromatic heterocycles. The Kier molecular flexibility index (Phi) is 108. The van der Waals surface area contributed by atoms with E-state index in [1.807, 2.05) is 225 Å². The zero-order valence-electron chi connectivity index (χ0n) is 70.0. The minimum Gasteiger partial charge on any atom is -0.507 e. The summed E-state index contributed by atoms with van der Waals surface area (Å²) in [6, 6.07) is 15.5. The first-order valence-corrected chi connectivity index (χ1v) is 37.4. The first-order chi connectivity index (χ1) is 48.5. The van der Waals surface area contributed by atoms with Crippen molar-refractivity contribution in [2.45, 2.75) is 259 Å². The molecule has 4 rings (SSSR count). The number of phenols is 1. The van der Waals surface area contributed by atoms with Crippen molar-refractivity contribution in [1.29, 1.82) is 0 Å². The number of phenolic OH excluding ortho intramolecular Hbond substituents is 1. The molecule has 0 bridgehead atoms. The molecule has 0 aliphatic heterocycles. The summed E-state index contributed by atoms with van der Waals surface area (Å²) in [5.41, 5.74) is 8.28. The van der Waals surface area contributed by atoms with E-state index in [0.29, 0.717) is 25.6 Å². The van der Waals surface area contributed by atoms with E-state index in [2.05, 4.69) is 120 Å². The van der Waals surface area contributed by atoms with Gasteiger partial charge in [-0.2, -0.15) is 0 Å². The maximum Gasteiger partial charge on any atom is 0.125 e. The Morgan fingerprint density at radius 2 is 0.416 bits per heavy atom. The first-order valence-electron chi connectivity index (χ1n) is 37.4. The van der Waals surface area contributed by atoms with Crippen molar-refractivity contribution in [3.63, 3.8) is 0 Å². The summed E-state index contributed by atoms with van der Waals surface area (Å²) in [5, 5.41) is 26.3. The summed E-state index contributed by atoms with van der Waals surface area (Å²) in [5.74, 6) is 6.57. The Morgan fingerprint density at radius 1 is 0.257 bits per heavy atom. The van der Waals surface area contributed by atoms with Gasteiger partial charge in [0.2, 0.25) is 0 Å². The molecule has 0 amide bonds. The highest BCUT2D eigenvalue weighted by Crippen LogP contribution is 2.31. The number of aromatic hydroxyl groups is 1. The normalized spacial score (nSPS) is 9.99. The van der Waals surface area contributed by atoms with Crippen LogP contribution in [0, 0.1) is 55.4 Å². The zero-order valence-corrected chi connectivity index (χ0v) is 70.0. The number of rotatable bonds is 30. The number of aryl methyl sites for hydroxylation is 8. The average molecular weight is 1410 g/mol. The lowest BCUT2D eigenvalue weighted by atomic mass is 10.1. The van der Waals surface area contributed by atoms with Gasteiger partial charge in [0.05, 0.1) is 41.7 Å². The van der Waals surface area contributed by atoms with Crippen molar-refractivity contribution in [3.8, 4) is 46.0 Å². The number of aliphatic hydroxyl groups is 2. The standard InChI is InChI=1S/2C17H24O2.C16H22O3.C9H12O2.C9H16.C8H14O.7C2H6.CH4/c2*1-5-6-7-8-9-10-11-19-17-14(2)12-16(18-4)13-15(17)3;1-13-11-15(18-3)12-14(2)16(13)19-10-8-6-4-5-7-9-17;1-6-4-8(11-3)5-7(2)9(6)10;1-3-5-7-9-8-6-4-2;1-2-3-4-5-6-7-8-9;7*1-2;/h2*6-7,9-10,12-13H,5,8,11H2,1-4H3;5-8,11-12,17H,4,9-10H2,1-3H3;4-5,10H,1-3H3;5-8H,3-4,9H2,1-2H3;3-4,6-7,9H,2,5,8H2,1H3;7*1-2H3;1H4. The Balaban J connectivity index is -0.000000121. The van der Waals surface area contributed by atoms with Gasteiger partial charge in [-0.05, 0) is 213 Å². The molecule has 0 saturated carbocycles. The number of ether oxygens (including phenoxy) is 7. The van der Waals surface area contributed by atoms with Gasteiger partial charge in [-0.25, -0.2) is 0 Å². The van der Waals surface area contributed by atoms with Gasteiger partial charge in [-0.3, -0.25) is 0 Å². The molecule has 10 heteroatoms. The van der Waals surface area contributed by atoms with Crippen molar-refractivity contribution in [1.82, 2.24) is 0 Å². The van der Waals surface area contributed by atoms with Gasteiger partial charge in [-0.1, -0.05) is 260 Å². The van der Waals surface area contributed by atoms with Gasteiger partial charge in [0, 0.05) is 0 Å². The second-order valence-corrected chi connectivity index (χ2v) is 19.6. The minimum atomic E-state index is 0. The lowest BCUT2D eigenvalue weighted by Gasteiger charge is -2.12. The predicted octanol–water partition coefficient (Wildman–Crippen LogP) is 27.4. The van der Waals surface area contributed by atoms with E-state index >= 15 is 0 Å². The molecule has 0 aliphatic rings. The Bertz CT molecular complexity index is 2330. The lowest BCUT2D eigenvalue weighted by Crippen LogP contribution is -1.98. The molecule has 0 heterocycles. The zero-order chi connectivity index (χ0) is 78.6. The van der Waals surface area contributed by atoms with Gasteiger partial charge >= 0.3 is 0 Å². The van der Waals surface area contributed by atoms with Crippen LogP contribution in [0.3, 0.4) is 0 Å². The molecule has 0 aliphatic carbocycles. The van der Waals surface area contributed by atoms with E-state index in [0.717, 1.165) is 149 Å². The second-order valence-electron chi connectivity index (χ2n) is 19.6. The summed E-state index contributed by atoms with van der Waals surface area (Å²) in [4.78, 5) is 0. The highest BCUT2D eigenvalue weighted by molar-refractivity contribution is 5.48. The number of aliphatic hydroxyl groups excluding tert-OH is 2. The third-order valence-corrected chi connectivity index (χ3v) is 12.1. The highest BCUT2D eigenvalue weighted by Gasteiger charge is 2.09. The van der Waals surface area contributed by atoms with Gasteiger partial charge in [0.15, 0.2) is 0 Å². The van der Waals surface area contributed by atoms with E-state index in [9.17, 15) is 5.11 Å². The number of methoxy groups -OCH3 is 4. The smallest absolute Gasteiger partial charge is 0.125 e. The third-order valence-electron chi connectivity index (χ3n) is 12.1. The van der Waals surface area contributed by atoms with Crippen LogP contribution in [0.1, 0.15) is 248 Å². The molecule has 0 radical (unpaired) electrons. The molecule has 4 aromatic carbocycles. The SMILES string of the molecule is C.CC.CC.CC.CC.CC.CC.CC.CCC=CCC=CCC.CCC=CCC=CCO.CCC=CCC=CCOc1c(C)cc(OC)cc1C.CCC=CCC=CCOc1c(C)cc(OC)cc1C.COc1cc(C)c(O)c(C)c1.COc1cc(C)c(OCC=CCC=CCO)c(C)c1. The average Bonchev–Trinajstić information content (AvgIpc) is 0.878. The largest absolute Gasteiger partial charge is 0.507 e. The van der Waals surface area contributed by atoms with Gasteiger partial charge in [0.25, 0.3) is 0 Å². The molecular weight excluding hydrogens is 1250 g/mol. The van der Waals surface area contributed by atoms with Crippen molar-refractivity contribution in [2.24, 2.45) is 0 Å². The van der Waals surface area contributed by atoms with E-state index in [1.165, 1.54) is 0 Å². The van der Waals surface area contributed by atoms with Crippen LogP contribution in [-0.2, 0) is 0 Å². The van der Waals surface area contributed by atoms with Crippen molar-refractivity contribution in [2.75, 3.05) is 61.5 Å². The van der Waals surface area contributed by atoms with Crippen molar-refractivity contribution in [3.05, 3.63) is 215 Å². The highest BCUT2D eigenvalue weighted by atomic mass is 16.5. The predicted molar refractivity (Wildman–Crippen MR) is 454 cm³/mol. The second kappa shape index (κ2) is 94.7. The molecule has 3 N–H and O–H groups in total. The lowest BCUT2D eigenvalue weighted by molar-refractivity contribution is 0.342. The molecule has 582 valence electrons. The van der Waals surface area contributed by atoms with Crippen LogP contribution in [0.15, 0.2) is 170 Å². The fourth-order valence-electron chi connectivity index (χ4n) is 7.74. The molecule has 10 nitrogen and oxygen atoms in total. The maximum atomic E-state index is 9.37. The Hall–Kier alpha value is -7.40. The van der Waals surface area contributed by atoms with Crippen LogP contribution in [0.5, 0.6) is 46.0 Å². The summed E-state index contributed by atoms with van der Waals surface area (Å²) in [6.45, 7) is 56.6. The number of hydrogen-bond donors (Lipinski definition) is 3. The Labute approximate surface area is 625 Å². The number of benzene rings is 4. The van der Waals surface area contributed by atoms with Gasteiger partial charge in [0.1, 0.15) is 65.8 Å². The molecule has 0 spiro atoms. The molecule has 101 heavy (non-hydrogen) atoms. The van der Waals surface area contributed by atoms with E-state index < -0.39 is 0 Å². The quantitative estimate of drug-likeness (QED) is 0.0435. The maximum absolute atomic E-state index is 9.37. The van der Waals surface area contributed by atoms with Crippen LogP contribution in [0.25, 0.3) is 0 Å². The Morgan fingerprint density at radius 3 is 0.574 bits per heavy atom. The minimum absolute atomic E-state index is 0. The summed E-state index contributed by atoms with van der Waals surface area (Å²) >= 11 is 0. The topological polar surface area (TPSA) is 125 Å². The van der Waals surface area contributed by atoms with E-state index in [4.69, 9.17) is 43.4 Å². The summed E-state index contributed by atoms with van der Waals surface area (Å²) in [6.07, 6.45) is 51.7. The van der Waals surface area contributed by atoms with Crippen LogP contribution < -0.4 is 33.2 Å². The summed E-state index contributed by atoms with van der Waals surface area (Å²) < 4.78 is 38.1. The van der Waals surface area contributed by atoms with Crippen molar-refractivity contribution < 1.29 is 48.5 Å². The fourth-order valence-corrected chi connectivity index (χ4v) is 7.74. The van der Waals surface area contributed by atoms with E-state index in [-0.39, 0.29) is 20.6 Å². The van der Waals surface area contributed by atoms with Gasteiger partial charge < -0.3 is 48.5 Å². The third kappa shape index (κ3) is 70.8. The monoisotopic (exact) mass is 1410 g/mol. The fraction of sp³-hybridized carbons (Fsp3) is 0.516. The van der Waals surface area contributed by atoms with E-state index in [1.54, 1.807) is 40.6 Å². The molecule has 4 aromatic rings. The van der Waals surface area contributed by atoms with Crippen LogP contribution in [-0.4, -0.2) is 76.8 Å². The molecule has 0 saturated heterocycles. The van der Waals surface area contributed by atoms with Crippen LogP contribution in [0.2, 0.25) is 0 Å². The molecule has 0 atom stereocenters. The molecular formula is C91H158O10. The number of allylic oxidation sites excluding steroid dienone is 15. The van der Waals surface area contributed by atoms with Crippen molar-refractivity contribution >= 4 is 0 Å². The summed E-state index contributed by atoms with van der Waals surface area (Å²) in [7, 11) is 6.64. The first kappa shape index (κ1) is 115.